The molecule has 0 bridgehead atoms. The lowest BCUT2D eigenvalue weighted by Gasteiger charge is -2.29. The number of carboxylic acid groups (broad SMARTS) is 1. The summed E-state index contributed by atoms with van der Waals surface area (Å²) in [6.45, 7) is 3.72. The Hall–Kier alpha value is -2.66. The molecule has 0 saturated carbocycles. The molecule has 5 heteroatoms. The number of carboxylic acids is 1. The summed E-state index contributed by atoms with van der Waals surface area (Å²) in [7, 11) is 0. The molecule has 1 unspecified atom stereocenters. The summed E-state index contributed by atoms with van der Waals surface area (Å²) in [6, 6.07) is 18.6. The molecule has 2 aromatic carbocycles. The van der Waals surface area contributed by atoms with Crippen molar-refractivity contribution in [2.45, 2.75) is 32.8 Å². The highest BCUT2D eigenvalue weighted by Gasteiger charge is 2.48. The van der Waals surface area contributed by atoms with E-state index in [0.717, 1.165) is 11.1 Å². The molecule has 144 valence electrons. The first-order valence-corrected chi connectivity index (χ1v) is 9.17. The number of carbonyl (C=O) groups is 2. The van der Waals surface area contributed by atoms with Crippen molar-refractivity contribution in [3.05, 3.63) is 71.8 Å². The normalized spacial score (nSPS) is 13.1. The van der Waals surface area contributed by atoms with Crippen molar-refractivity contribution in [3.8, 4) is 0 Å². The number of esters is 1. The third-order valence-corrected chi connectivity index (χ3v) is 4.46. The van der Waals surface area contributed by atoms with Crippen LogP contribution in [0.25, 0.3) is 0 Å². The van der Waals surface area contributed by atoms with Crippen molar-refractivity contribution in [2.75, 3.05) is 13.2 Å². The molecule has 0 aliphatic heterocycles. The van der Waals surface area contributed by atoms with Gasteiger partial charge in [0.05, 0.1) is 6.61 Å². The van der Waals surface area contributed by atoms with Crippen molar-refractivity contribution in [1.82, 2.24) is 0 Å². The Balaban J connectivity index is 2.39. The molecule has 5 nitrogen and oxygen atoms in total. The molecule has 2 rings (SSSR count). The van der Waals surface area contributed by atoms with Crippen LogP contribution < -0.4 is 0 Å². The van der Waals surface area contributed by atoms with Crippen LogP contribution in [0.1, 0.15) is 43.9 Å². The molecule has 0 saturated heterocycles. The fourth-order valence-electron chi connectivity index (χ4n) is 3.00. The molecule has 2 aromatic rings. The first-order chi connectivity index (χ1) is 13.0. The van der Waals surface area contributed by atoms with Crippen molar-refractivity contribution in [3.63, 3.8) is 0 Å². The Kier molecular flexibility index (Phi) is 7.55. The molecule has 0 amide bonds. The van der Waals surface area contributed by atoms with Crippen LogP contribution in [0.2, 0.25) is 0 Å². The zero-order chi connectivity index (χ0) is 19.7. The summed E-state index contributed by atoms with van der Waals surface area (Å²) < 4.78 is 11.1. The van der Waals surface area contributed by atoms with Gasteiger partial charge in [0, 0.05) is 6.61 Å². The van der Waals surface area contributed by atoms with E-state index in [1.807, 2.05) is 67.6 Å². The van der Waals surface area contributed by atoms with Crippen LogP contribution in [0, 0.1) is 5.41 Å². The number of hydrogen-bond acceptors (Lipinski definition) is 4. The zero-order valence-electron chi connectivity index (χ0n) is 15.8. The van der Waals surface area contributed by atoms with Crippen LogP contribution in [0.4, 0.5) is 0 Å². The molecule has 0 aromatic heterocycles. The summed E-state index contributed by atoms with van der Waals surface area (Å²) in [5, 5.41) is 9.83. The smallest absolute Gasteiger partial charge is 0.326 e. The molecule has 0 aliphatic carbocycles. The largest absolute Gasteiger partial charge is 0.480 e. The number of ether oxygens (including phenoxy) is 2. The number of hydrogen-bond donors (Lipinski definition) is 1. The van der Waals surface area contributed by atoms with Gasteiger partial charge in [-0.15, -0.1) is 0 Å². The predicted octanol–water partition coefficient (Wildman–Crippen LogP) is 4.23. The fraction of sp³-hybridized carbons (Fsp3) is 0.364. The molecule has 27 heavy (non-hydrogen) atoms. The van der Waals surface area contributed by atoms with Gasteiger partial charge in [-0.05, 0) is 24.5 Å². The lowest BCUT2D eigenvalue weighted by atomic mass is 9.84. The minimum absolute atomic E-state index is 0.150. The van der Waals surface area contributed by atoms with Gasteiger partial charge in [0.15, 0.2) is 11.5 Å². The Bertz CT molecular complexity index is 689. The zero-order valence-corrected chi connectivity index (χ0v) is 15.8. The van der Waals surface area contributed by atoms with Crippen LogP contribution in [0.3, 0.4) is 0 Å². The summed E-state index contributed by atoms with van der Waals surface area (Å²) in [5.41, 5.74) is -0.152. The minimum Gasteiger partial charge on any atom is -0.480 e. The highest BCUT2D eigenvalue weighted by molar-refractivity contribution is 5.99. The first kappa shape index (κ1) is 20.6. The summed E-state index contributed by atoms with van der Waals surface area (Å²) >= 11 is 0. The lowest BCUT2D eigenvalue weighted by molar-refractivity contribution is -0.177. The molecule has 0 aliphatic rings. The van der Waals surface area contributed by atoms with Crippen molar-refractivity contribution < 1.29 is 24.2 Å². The van der Waals surface area contributed by atoms with Gasteiger partial charge in [-0.3, -0.25) is 9.59 Å². The molecule has 1 atom stereocenters. The van der Waals surface area contributed by atoms with Crippen LogP contribution in [-0.4, -0.2) is 30.3 Å². The topological polar surface area (TPSA) is 72.8 Å². The van der Waals surface area contributed by atoms with Gasteiger partial charge >= 0.3 is 11.9 Å². The van der Waals surface area contributed by atoms with Crippen molar-refractivity contribution in [1.29, 1.82) is 0 Å². The average Bonchev–Trinajstić information content (AvgIpc) is 2.70. The SMILES string of the molecule is CCCC(COCC)(C(=O)O)C(=O)OC(c1ccccc1)c1ccccc1. The van der Waals surface area contributed by atoms with Crippen molar-refractivity contribution in [2.24, 2.45) is 5.41 Å². The molecule has 0 heterocycles. The quantitative estimate of drug-likeness (QED) is 0.500. The van der Waals surface area contributed by atoms with E-state index in [4.69, 9.17) is 9.47 Å². The second-order valence-corrected chi connectivity index (χ2v) is 6.38. The minimum atomic E-state index is -1.72. The van der Waals surface area contributed by atoms with E-state index in [-0.39, 0.29) is 13.0 Å². The van der Waals surface area contributed by atoms with E-state index in [0.29, 0.717) is 13.0 Å². The monoisotopic (exact) mass is 370 g/mol. The summed E-state index contributed by atoms with van der Waals surface area (Å²) in [4.78, 5) is 25.1. The maximum Gasteiger partial charge on any atom is 0.326 e. The number of aliphatic carboxylic acids is 1. The lowest BCUT2D eigenvalue weighted by Crippen LogP contribution is -2.45. The standard InChI is InChI=1S/C22H26O5/c1-3-15-22(20(23)24,16-26-4-2)21(25)27-19(17-11-7-5-8-12-17)18-13-9-6-10-14-18/h5-14,19H,3-4,15-16H2,1-2H3,(H,23,24). The van der Waals surface area contributed by atoms with E-state index in [2.05, 4.69) is 0 Å². The second kappa shape index (κ2) is 9.88. The van der Waals surface area contributed by atoms with Gasteiger partial charge in [-0.2, -0.15) is 0 Å². The molecule has 0 radical (unpaired) electrons. The highest BCUT2D eigenvalue weighted by Crippen LogP contribution is 2.33. The first-order valence-electron chi connectivity index (χ1n) is 9.17. The Morgan fingerprint density at radius 2 is 1.48 bits per heavy atom. The summed E-state index contributed by atoms with van der Waals surface area (Å²) in [6.07, 6.45) is -0.00934. The predicted molar refractivity (Wildman–Crippen MR) is 102 cm³/mol. The van der Waals surface area contributed by atoms with Gasteiger partial charge in [-0.1, -0.05) is 74.0 Å². The van der Waals surface area contributed by atoms with E-state index < -0.39 is 23.5 Å². The molecular weight excluding hydrogens is 344 g/mol. The van der Waals surface area contributed by atoms with Gasteiger partial charge in [0.1, 0.15) is 0 Å². The molecular formula is C22H26O5. The van der Waals surface area contributed by atoms with Gasteiger partial charge in [0.2, 0.25) is 0 Å². The van der Waals surface area contributed by atoms with E-state index >= 15 is 0 Å². The molecule has 1 N–H and O–H groups in total. The van der Waals surface area contributed by atoms with E-state index in [9.17, 15) is 14.7 Å². The van der Waals surface area contributed by atoms with Crippen LogP contribution in [-0.2, 0) is 19.1 Å². The van der Waals surface area contributed by atoms with Gasteiger partial charge in [0.25, 0.3) is 0 Å². The maximum absolute atomic E-state index is 13.1. The third kappa shape index (κ3) is 4.95. The van der Waals surface area contributed by atoms with E-state index in [1.54, 1.807) is 6.92 Å². The summed E-state index contributed by atoms with van der Waals surface area (Å²) in [5.74, 6) is -1.99. The van der Waals surface area contributed by atoms with Gasteiger partial charge in [-0.25, -0.2) is 0 Å². The van der Waals surface area contributed by atoms with Crippen LogP contribution >= 0.6 is 0 Å². The number of rotatable bonds is 10. The molecule has 0 fully saturated rings. The van der Waals surface area contributed by atoms with Gasteiger partial charge < -0.3 is 14.6 Å². The Morgan fingerprint density at radius 1 is 0.963 bits per heavy atom. The fourth-order valence-corrected chi connectivity index (χ4v) is 3.00. The highest BCUT2D eigenvalue weighted by atomic mass is 16.6. The maximum atomic E-state index is 13.1. The average molecular weight is 370 g/mol. The third-order valence-electron chi connectivity index (χ3n) is 4.46. The Morgan fingerprint density at radius 3 is 1.89 bits per heavy atom. The second-order valence-electron chi connectivity index (χ2n) is 6.38. The van der Waals surface area contributed by atoms with E-state index in [1.165, 1.54) is 0 Å². The number of benzene rings is 2. The van der Waals surface area contributed by atoms with Crippen LogP contribution in [0.5, 0.6) is 0 Å². The van der Waals surface area contributed by atoms with Crippen LogP contribution in [0.15, 0.2) is 60.7 Å². The number of carbonyl (C=O) groups excluding carboxylic acids is 1. The Labute approximate surface area is 159 Å². The molecule has 0 spiro atoms. The van der Waals surface area contributed by atoms with Crippen molar-refractivity contribution >= 4 is 11.9 Å².